The SMILES string of the molecule is COC(=O)CCOC1(CN)CCCC(C)C1. The van der Waals surface area contributed by atoms with Crippen molar-refractivity contribution in [3.8, 4) is 0 Å². The van der Waals surface area contributed by atoms with Gasteiger partial charge in [0.1, 0.15) is 0 Å². The van der Waals surface area contributed by atoms with Gasteiger partial charge in [-0.2, -0.15) is 0 Å². The molecule has 16 heavy (non-hydrogen) atoms. The standard InChI is InChI=1S/C12H23NO3/c1-10-4-3-6-12(8-10,9-13)16-7-5-11(14)15-2/h10H,3-9,13H2,1-2H3. The van der Waals surface area contributed by atoms with Crippen LogP contribution in [-0.2, 0) is 14.3 Å². The molecule has 0 aliphatic heterocycles. The molecule has 1 aliphatic carbocycles. The Hall–Kier alpha value is -0.610. The molecule has 2 atom stereocenters. The molecular weight excluding hydrogens is 206 g/mol. The van der Waals surface area contributed by atoms with Gasteiger partial charge in [0.15, 0.2) is 0 Å². The van der Waals surface area contributed by atoms with E-state index in [-0.39, 0.29) is 11.6 Å². The largest absolute Gasteiger partial charge is 0.469 e. The van der Waals surface area contributed by atoms with Crippen molar-refractivity contribution in [3.63, 3.8) is 0 Å². The fraction of sp³-hybridized carbons (Fsp3) is 0.917. The van der Waals surface area contributed by atoms with Crippen LogP contribution in [0.2, 0.25) is 0 Å². The fourth-order valence-electron chi connectivity index (χ4n) is 2.44. The summed E-state index contributed by atoms with van der Waals surface area (Å²) in [6, 6.07) is 0. The number of rotatable bonds is 5. The van der Waals surface area contributed by atoms with Crippen molar-refractivity contribution in [1.29, 1.82) is 0 Å². The lowest BCUT2D eigenvalue weighted by atomic mass is 9.79. The summed E-state index contributed by atoms with van der Waals surface area (Å²) in [6.07, 6.45) is 4.74. The van der Waals surface area contributed by atoms with Crippen LogP contribution in [0.1, 0.15) is 39.0 Å². The summed E-state index contributed by atoms with van der Waals surface area (Å²) in [7, 11) is 1.39. The van der Waals surface area contributed by atoms with Crippen molar-refractivity contribution < 1.29 is 14.3 Å². The van der Waals surface area contributed by atoms with Crippen LogP contribution in [0.4, 0.5) is 0 Å². The molecule has 1 saturated carbocycles. The molecule has 1 aliphatic rings. The number of hydrogen-bond donors (Lipinski definition) is 1. The van der Waals surface area contributed by atoms with Crippen LogP contribution in [0, 0.1) is 5.92 Å². The fourth-order valence-corrected chi connectivity index (χ4v) is 2.44. The highest BCUT2D eigenvalue weighted by atomic mass is 16.5. The zero-order valence-electron chi connectivity index (χ0n) is 10.3. The number of methoxy groups -OCH3 is 1. The Kier molecular flexibility index (Phi) is 5.22. The van der Waals surface area contributed by atoms with Crippen LogP contribution in [-0.4, -0.2) is 31.8 Å². The van der Waals surface area contributed by atoms with Crippen molar-refractivity contribution in [2.24, 2.45) is 11.7 Å². The number of hydrogen-bond acceptors (Lipinski definition) is 4. The minimum absolute atomic E-state index is 0.203. The average molecular weight is 229 g/mol. The lowest BCUT2D eigenvalue weighted by Gasteiger charge is -2.39. The lowest BCUT2D eigenvalue weighted by molar-refractivity contribution is -0.144. The maximum absolute atomic E-state index is 11.0. The van der Waals surface area contributed by atoms with E-state index in [2.05, 4.69) is 11.7 Å². The third kappa shape index (κ3) is 3.76. The molecule has 1 fully saturated rings. The van der Waals surface area contributed by atoms with Crippen LogP contribution in [0.25, 0.3) is 0 Å². The van der Waals surface area contributed by atoms with E-state index < -0.39 is 0 Å². The van der Waals surface area contributed by atoms with E-state index >= 15 is 0 Å². The van der Waals surface area contributed by atoms with Gasteiger partial charge in [0, 0.05) is 6.54 Å². The van der Waals surface area contributed by atoms with Crippen molar-refractivity contribution in [1.82, 2.24) is 0 Å². The minimum atomic E-state index is -0.226. The summed E-state index contributed by atoms with van der Waals surface area (Å²) in [4.78, 5) is 11.0. The number of ether oxygens (including phenoxy) is 2. The Bertz CT molecular complexity index is 232. The molecule has 2 N–H and O–H groups in total. The van der Waals surface area contributed by atoms with Gasteiger partial charge < -0.3 is 15.2 Å². The Morgan fingerprint density at radius 3 is 2.88 bits per heavy atom. The van der Waals surface area contributed by atoms with Gasteiger partial charge in [-0.1, -0.05) is 19.8 Å². The van der Waals surface area contributed by atoms with E-state index in [0.717, 1.165) is 19.3 Å². The molecule has 0 aromatic heterocycles. The van der Waals surface area contributed by atoms with E-state index in [1.165, 1.54) is 13.5 Å². The highest BCUT2D eigenvalue weighted by Crippen LogP contribution is 2.34. The van der Waals surface area contributed by atoms with Gasteiger partial charge in [0.05, 0.1) is 25.7 Å². The summed E-state index contributed by atoms with van der Waals surface area (Å²) >= 11 is 0. The molecule has 0 amide bonds. The Balaban J connectivity index is 2.38. The Morgan fingerprint density at radius 1 is 1.56 bits per heavy atom. The van der Waals surface area contributed by atoms with E-state index in [1.54, 1.807) is 0 Å². The second kappa shape index (κ2) is 6.21. The Morgan fingerprint density at radius 2 is 2.31 bits per heavy atom. The maximum atomic E-state index is 11.0. The second-order valence-electron chi connectivity index (χ2n) is 4.76. The van der Waals surface area contributed by atoms with Crippen LogP contribution in [0.15, 0.2) is 0 Å². The second-order valence-corrected chi connectivity index (χ2v) is 4.76. The third-order valence-electron chi connectivity index (χ3n) is 3.36. The molecule has 0 bridgehead atoms. The first kappa shape index (κ1) is 13.5. The summed E-state index contributed by atoms with van der Waals surface area (Å²) in [5.41, 5.74) is 5.61. The van der Waals surface area contributed by atoms with Crippen LogP contribution in [0.3, 0.4) is 0 Å². The summed E-state index contributed by atoms with van der Waals surface area (Å²) in [5, 5.41) is 0. The van der Waals surface area contributed by atoms with Crippen LogP contribution in [0.5, 0.6) is 0 Å². The van der Waals surface area contributed by atoms with Crippen molar-refractivity contribution >= 4 is 5.97 Å². The van der Waals surface area contributed by atoms with Crippen molar-refractivity contribution in [3.05, 3.63) is 0 Å². The quantitative estimate of drug-likeness (QED) is 0.725. The molecule has 0 heterocycles. The molecule has 0 saturated heterocycles. The number of esters is 1. The highest BCUT2D eigenvalue weighted by molar-refractivity contribution is 5.69. The van der Waals surface area contributed by atoms with Gasteiger partial charge in [-0.15, -0.1) is 0 Å². The van der Waals surface area contributed by atoms with Crippen molar-refractivity contribution in [2.45, 2.75) is 44.6 Å². The van der Waals surface area contributed by atoms with E-state index in [1.807, 2.05) is 0 Å². The monoisotopic (exact) mass is 229 g/mol. The normalized spacial score (nSPS) is 30.1. The predicted octanol–water partition coefficient (Wildman–Crippen LogP) is 1.47. The smallest absolute Gasteiger partial charge is 0.307 e. The molecule has 0 aromatic carbocycles. The maximum Gasteiger partial charge on any atom is 0.307 e. The summed E-state index contributed by atoms with van der Waals surface area (Å²) in [6.45, 7) is 3.18. The Labute approximate surface area is 97.5 Å². The topological polar surface area (TPSA) is 61.5 Å². The number of nitrogens with two attached hydrogens (primary N) is 1. The molecule has 2 unspecified atom stereocenters. The van der Waals surface area contributed by atoms with Crippen LogP contribution >= 0.6 is 0 Å². The predicted molar refractivity (Wildman–Crippen MR) is 62.0 cm³/mol. The molecule has 0 aromatic rings. The van der Waals surface area contributed by atoms with Gasteiger partial charge in [-0.25, -0.2) is 0 Å². The van der Waals surface area contributed by atoms with E-state index in [4.69, 9.17) is 10.5 Å². The molecule has 1 rings (SSSR count). The minimum Gasteiger partial charge on any atom is -0.469 e. The van der Waals surface area contributed by atoms with E-state index in [0.29, 0.717) is 25.5 Å². The third-order valence-corrected chi connectivity index (χ3v) is 3.36. The summed E-state index contributed by atoms with van der Waals surface area (Å²) in [5.74, 6) is 0.437. The van der Waals surface area contributed by atoms with Crippen molar-refractivity contribution in [2.75, 3.05) is 20.3 Å². The van der Waals surface area contributed by atoms with E-state index in [9.17, 15) is 4.79 Å². The molecular formula is C12H23NO3. The van der Waals surface area contributed by atoms with Gasteiger partial charge in [-0.3, -0.25) is 4.79 Å². The molecule has 4 heteroatoms. The lowest BCUT2D eigenvalue weighted by Crippen LogP contribution is -2.44. The van der Waals surface area contributed by atoms with Gasteiger partial charge in [0.2, 0.25) is 0 Å². The first-order valence-electron chi connectivity index (χ1n) is 6.03. The molecule has 0 spiro atoms. The zero-order valence-corrected chi connectivity index (χ0v) is 10.3. The molecule has 0 radical (unpaired) electrons. The summed E-state index contributed by atoms with van der Waals surface area (Å²) < 4.78 is 10.4. The first-order valence-corrected chi connectivity index (χ1v) is 6.03. The van der Waals surface area contributed by atoms with Gasteiger partial charge in [-0.05, 0) is 18.8 Å². The van der Waals surface area contributed by atoms with Crippen LogP contribution < -0.4 is 5.73 Å². The molecule has 94 valence electrons. The van der Waals surface area contributed by atoms with Gasteiger partial charge >= 0.3 is 5.97 Å². The molecule has 4 nitrogen and oxygen atoms in total. The number of carbonyl (C=O) groups excluding carboxylic acids is 1. The number of carbonyl (C=O) groups is 1. The van der Waals surface area contributed by atoms with Gasteiger partial charge in [0.25, 0.3) is 0 Å². The average Bonchev–Trinajstić information content (AvgIpc) is 2.29. The highest BCUT2D eigenvalue weighted by Gasteiger charge is 2.34. The zero-order chi connectivity index (χ0) is 12.0. The first-order chi connectivity index (χ1) is 7.62.